The lowest BCUT2D eigenvalue weighted by atomic mass is 10.2. The van der Waals surface area contributed by atoms with Crippen molar-refractivity contribution in [3.8, 4) is 0 Å². The van der Waals surface area contributed by atoms with Crippen molar-refractivity contribution in [2.24, 2.45) is 0 Å². The van der Waals surface area contributed by atoms with Crippen LogP contribution in [0.25, 0.3) is 0 Å². The predicted molar refractivity (Wildman–Crippen MR) is 89.4 cm³/mol. The zero-order valence-corrected chi connectivity index (χ0v) is 13.9. The van der Waals surface area contributed by atoms with E-state index < -0.39 is 11.8 Å². The van der Waals surface area contributed by atoms with Crippen molar-refractivity contribution in [1.29, 1.82) is 0 Å². The summed E-state index contributed by atoms with van der Waals surface area (Å²) in [5.41, 5.74) is 0.907. The van der Waals surface area contributed by atoms with E-state index in [1.54, 1.807) is 21.9 Å². The minimum Gasteiger partial charge on any atom is -0.368 e. The zero-order chi connectivity index (χ0) is 17.8. The smallest absolute Gasteiger partial charge is 0.312 e. The molecule has 8 heteroatoms. The van der Waals surface area contributed by atoms with Gasteiger partial charge in [0.05, 0.1) is 0 Å². The molecule has 3 rings (SSSR count). The van der Waals surface area contributed by atoms with Crippen molar-refractivity contribution >= 4 is 23.9 Å². The molecular formula is C17H21FN4O3. The Labute approximate surface area is 145 Å². The lowest BCUT2D eigenvalue weighted by Gasteiger charge is -2.37. The molecule has 2 aliphatic heterocycles. The molecule has 0 unspecified atom stereocenters. The zero-order valence-electron chi connectivity index (χ0n) is 13.9. The van der Waals surface area contributed by atoms with Gasteiger partial charge >= 0.3 is 11.8 Å². The number of carbonyl (C=O) groups excluding carboxylic acids is 3. The monoisotopic (exact) mass is 348 g/mol. The van der Waals surface area contributed by atoms with Gasteiger partial charge in [-0.2, -0.15) is 0 Å². The van der Waals surface area contributed by atoms with E-state index in [9.17, 15) is 18.8 Å². The highest BCUT2D eigenvalue weighted by atomic mass is 19.1. The van der Waals surface area contributed by atoms with Crippen molar-refractivity contribution in [2.45, 2.75) is 0 Å². The average molecular weight is 348 g/mol. The summed E-state index contributed by atoms with van der Waals surface area (Å²) in [7, 11) is 0. The first-order valence-electron chi connectivity index (χ1n) is 8.36. The van der Waals surface area contributed by atoms with Gasteiger partial charge in [-0.1, -0.05) is 0 Å². The Morgan fingerprint density at radius 1 is 0.800 bits per heavy atom. The van der Waals surface area contributed by atoms with Crippen LogP contribution in [-0.4, -0.2) is 85.3 Å². The maximum absolute atomic E-state index is 13.0. The standard InChI is InChI=1S/C17H21FN4O3/c18-14-1-3-15(4-2-14)20-9-11-22(12-10-20)17(25)16(24)21-7-5-19(13-23)6-8-21/h1-4,13H,5-12H2. The normalized spacial score (nSPS) is 18.3. The van der Waals surface area contributed by atoms with Gasteiger partial charge in [0, 0.05) is 58.0 Å². The number of hydrogen-bond acceptors (Lipinski definition) is 4. The third kappa shape index (κ3) is 3.89. The molecule has 0 aromatic heterocycles. The first-order chi connectivity index (χ1) is 12.1. The SMILES string of the molecule is O=CN1CCN(C(=O)C(=O)N2CCN(c3ccc(F)cc3)CC2)CC1. The third-order valence-electron chi connectivity index (χ3n) is 4.69. The van der Waals surface area contributed by atoms with Crippen molar-refractivity contribution < 1.29 is 18.8 Å². The van der Waals surface area contributed by atoms with E-state index in [4.69, 9.17) is 0 Å². The number of benzene rings is 1. The van der Waals surface area contributed by atoms with Crippen molar-refractivity contribution in [1.82, 2.24) is 14.7 Å². The van der Waals surface area contributed by atoms with E-state index in [0.29, 0.717) is 52.4 Å². The molecule has 0 spiro atoms. The molecule has 0 atom stereocenters. The van der Waals surface area contributed by atoms with Gasteiger partial charge in [0.25, 0.3) is 0 Å². The van der Waals surface area contributed by atoms with E-state index >= 15 is 0 Å². The van der Waals surface area contributed by atoms with Crippen LogP contribution < -0.4 is 4.90 Å². The summed E-state index contributed by atoms with van der Waals surface area (Å²) in [5, 5.41) is 0. The molecule has 0 bridgehead atoms. The Bertz CT molecular complexity index is 636. The summed E-state index contributed by atoms with van der Waals surface area (Å²) < 4.78 is 13.0. The molecule has 0 saturated carbocycles. The number of piperazine rings is 2. The van der Waals surface area contributed by atoms with Crippen LogP contribution in [0.2, 0.25) is 0 Å². The molecule has 0 aliphatic carbocycles. The van der Waals surface area contributed by atoms with Crippen LogP contribution in [0.1, 0.15) is 0 Å². The Balaban J connectivity index is 1.52. The van der Waals surface area contributed by atoms with Crippen LogP contribution in [0, 0.1) is 5.82 Å². The van der Waals surface area contributed by atoms with Crippen LogP contribution >= 0.6 is 0 Å². The van der Waals surface area contributed by atoms with Crippen molar-refractivity contribution in [3.05, 3.63) is 30.1 Å². The largest absolute Gasteiger partial charge is 0.368 e. The highest BCUT2D eigenvalue weighted by Crippen LogP contribution is 2.17. The number of anilines is 1. The van der Waals surface area contributed by atoms with Crippen LogP contribution in [0.5, 0.6) is 0 Å². The van der Waals surface area contributed by atoms with Crippen LogP contribution in [-0.2, 0) is 14.4 Å². The van der Waals surface area contributed by atoms with Gasteiger partial charge in [-0.25, -0.2) is 4.39 Å². The van der Waals surface area contributed by atoms with Crippen LogP contribution in [0.3, 0.4) is 0 Å². The summed E-state index contributed by atoms with van der Waals surface area (Å²) in [6, 6.07) is 6.25. The minimum atomic E-state index is -0.499. The maximum atomic E-state index is 13.0. The molecule has 2 heterocycles. The maximum Gasteiger partial charge on any atom is 0.312 e. The fourth-order valence-electron chi connectivity index (χ4n) is 3.12. The predicted octanol–water partition coefficient (Wildman–Crippen LogP) is -0.225. The third-order valence-corrected chi connectivity index (χ3v) is 4.69. The van der Waals surface area contributed by atoms with Gasteiger partial charge < -0.3 is 19.6 Å². The summed E-state index contributed by atoms with van der Waals surface area (Å²) in [6.45, 7) is 3.80. The number of hydrogen-bond donors (Lipinski definition) is 0. The Morgan fingerprint density at radius 2 is 1.28 bits per heavy atom. The lowest BCUT2D eigenvalue weighted by molar-refractivity contribution is -0.153. The van der Waals surface area contributed by atoms with Crippen molar-refractivity contribution in [3.63, 3.8) is 0 Å². The summed E-state index contributed by atoms with van der Waals surface area (Å²) in [4.78, 5) is 42.2. The molecule has 134 valence electrons. The second-order valence-electron chi connectivity index (χ2n) is 6.19. The van der Waals surface area contributed by atoms with Crippen molar-refractivity contribution in [2.75, 3.05) is 57.3 Å². The van der Waals surface area contributed by atoms with E-state index in [2.05, 4.69) is 4.90 Å². The van der Waals surface area contributed by atoms with Gasteiger partial charge in [-0.05, 0) is 24.3 Å². The topological polar surface area (TPSA) is 64.2 Å². The Hall–Kier alpha value is -2.64. The number of nitrogens with zero attached hydrogens (tertiary/aromatic N) is 4. The molecule has 1 aromatic rings. The van der Waals surface area contributed by atoms with E-state index in [-0.39, 0.29) is 5.82 Å². The molecule has 2 aliphatic rings. The van der Waals surface area contributed by atoms with E-state index in [1.165, 1.54) is 17.0 Å². The van der Waals surface area contributed by atoms with Gasteiger partial charge in [-0.15, -0.1) is 0 Å². The highest BCUT2D eigenvalue weighted by molar-refractivity contribution is 6.35. The van der Waals surface area contributed by atoms with Crippen LogP contribution in [0.15, 0.2) is 24.3 Å². The molecular weight excluding hydrogens is 327 g/mol. The number of halogens is 1. The second kappa shape index (κ2) is 7.50. The van der Waals surface area contributed by atoms with Gasteiger partial charge in [-0.3, -0.25) is 14.4 Å². The molecule has 7 nitrogen and oxygen atoms in total. The quantitative estimate of drug-likeness (QED) is 0.547. The summed E-state index contributed by atoms with van der Waals surface area (Å²) in [5.74, 6) is -1.27. The highest BCUT2D eigenvalue weighted by Gasteiger charge is 2.31. The molecule has 1 aromatic carbocycles. The summed E-state index contributed by atoms with van der Waals surface area (Å²) in [6.07, 6.45) is 0.762. The Morgan fingerprint density at radius 3 is 1.76 bits per heavy atom. The minimum absolute atomic E-state index is 0.280. The fourth-order valence-corrected chi connectivity index (χ4v) is 3.12. The first kappa shape index (κ1) is 17.2. The van der Waals surface area contributed by atoms with E-state index in [1.807, 2.05) is 0 Å². The first-order valence-corrected chi connectivity index (χ1v) is 8.36. The van der Waals surface area contributed by atoms with Gasteiger partial charge in [0.2, 0.25) is 6.41 Å². The second-order valence-corrected chi connectivity index (χ2v) is 6.19. The van der Waals surface area contributed by atoms with Gasteiger partial charge in [0.15, 0.2) is 0 Å². The molecule has 0 N–H and O–H groups in total. The molecule has 3 amide bonds. The molecule has 25 heavy (non-hydrogen) atoms. The average Bonchev–Trinajstić information content (AvgIpc) is 2.67. The fraction of sp³-hybridized carbons (Fsp3) is 0.471. The molecule has 2 saturated heterocycles. The lowest BCUT2D eigenvalue weighted by Crippen LogP contribution is -2.56. The van der Waals surface area contributed by atoms with Gasteiger partial charge in [0.1, 0.15) is 5.82 Å². The van der Waals surface area contributed by atoms with E-state index in [0.717, 1.165) is 12.1 Å². The number of rotatable bonds is 2. The number of carbonyl (C=O) groups is 3. The molecule has 0 radical (unpaired) electrons. The molecule has 2 fully saturated rings. The number of amides is 3. The van der Waals surface area contributed by atoms with Crippen LogP contribution in [0.4, 0.5) is 10.1 Å². The summed E-state index contributed by atoms with van der Waals surface area (Å²) >= 11 is 0. The Kier molecular flexibility index (Phi) is 5.16.